The molecule has 0 aromatic carbocycles. The van der Waals surface area contributed by atoms with Crippen molar-refractivity contribution >= 4 is 11.9 Å². The number of hydrogen-bond acceptors (Lipinski definition) is 3. The average Bonchev–Trinajstić information content (AvgIpc) is 2.68. The van der Waals surface area contributed by atoms with Gasteiger partial charge < -0.3 is 10.0 Å². The van der Waals surface area contributed by atoms with Crippen LogP contribution in [0.15, 0.2) is 6.20 Å². The number of nitrogens with zero attached hydrogens (tertiary/aromatic N) is 3. The van der Waals surface area contributed by atoms with E-state index in [2.05, 4.69) is 5.10 Å². The van der Waals surface area contributed by atoms with Crippen molar-refractivity contribution in [1.29, 1.82) is 0 Å². The second-order valence-electron chi connectivity index (χ2n) is 6.45. The zero-order valence-electron chi connectivity index (χ0n) is 13.2. The molecule has 6 heteroatoms. The van der Waals surface area contributed by atoms with E-state index in [9.17, 15) is 14.7 Å². The molecular formula is C14H23N3O3. The van der Waals surface area contributed by atoms with E-state index in [4.69, 9.17) is 0 Å². The van der Waals surface area contributed by atoms with Crippen LogP contribution in [-0.4, -0.2) is 44.3 Å². The molecule has 112 valence electrons. The van der Waals surface area contributed by atoms with Crippen molar-refractivity contribution in [3.63, 3.8) is 0 Å². The van der Waals surface area contributed by atoms with E-state index in [1.807, 2.05) is 27.7 Å². The van der Waals surface area contributed by atoms with Gasteiger partial charge in [0, 0.05) is 12.7 Å². The van der Waals surface area contributed by atoms with Gasteiger partial charge in [-0.3, -0.25) is 9.48 Å². The number of amides is 1. The van der Waals surface area contributed by atoms with E-state index in [0.717, 1.165) is 5.69 Å². The molecule has 0 spiro atoms. The second-order valence-corrected chi connectivity index (χ2v) is 6.45. The van der Waals surface area contributed by atoms with Crippen molar-refractivity contribution in [2.24, 2.45) is 0 Å². The quantitative estimate of drug-likeness (QED) is 0.918. The van der Waals surface area contributed by atoms with Crippen LogP contribution in [0.5, 0.6) is 0 Å². The average molecular weight is 281 g/mol. The molecule has 1 heterocycles. The molecule has 20 heavy (non-hydrogen) atoms. The Morgan fingerprint density at radius 2 is 1.75 bits per heavy atom. The minimum Gasteiger partial charge on any atom is -0.480 e. The number of carboxylic acids is 1. The molecule has 0 bridgehead atoms. The predicted molar refractivity (Wildman–Crippen MR) is 75.8 cm³/mol. The van der Waals surface area contributed by atoms with Gasteiger partial charge in [-0.25, -0.2) is 4.79 Å². The van der Waals surface area contributed by atoms with Gasteiger partial charge in [-0.05, 0) is 41.5 Å². The Balaban J connectivity index is 3.18. The molecule has 0 unspecified atom stereocenters. The second kappa shape index (κ2) is 4.92. The molecule has 1 amide bonds. The minimum absolute atomic E-state index is 0.233. The lowest BCUT2D eigenvalue weighted by molar-refractivity contribution is -0.147. The van der Waals surface area contributed by atoms with Gasteiger partial charge >= 0.3 is 5.97 Å². The largest absolute Gasteiger partial charge is 0.480 e. The fourth-order valence-corrected chi connectivity index (χ4v) is 1.87. The van der Waals surface area contributed by atoms with Crippen molar-refractivity contribution in [3.05, 3.63) is 17.5 Å². The molecule has 0 fully saturated rings. The summed E-state index contributed by atoms with van der Waals surface area (Å²) in [5.74, 6) is -1.39. The summed E-state index contributed by atoms with van der Waals surface area (Å²) in [5, 5.41) is 13.4. The summed E-state index contributed by atoms with van der Waals surface area (Å²) in [5.41, 5.74) is -0.344. The van der Waals surface area contributed by atoms with Gasteiger partial charge in [0.1, 0.15) is 5.54 Å². The van der Waals surface area contributed by atoms with Crippen molar-refractivity contribution in [2.75, 3.05) is 7.05 Å². The molecule has 0 aliphatic carbocycles. The number of carbonyl (C=O) groups is 2. The van der Waals surface area contributed by atoms with Crippen molar-refractivity contribution in [2.45, 2.75) is 52.6 Å². The molecule has 0 atom stereocenters. The van der Waals surface area contributed by atoms with E-state index in [1.165, 1.54) is 32.0 Å². The van der Waals surface area contributed by atoms with Crippen LogP contribution >= 0.6 is 0 Å². The Labute approximate surface area is 119 Å². The van der Waals surface area contributed by atoms with Crippen LogP contribution in [-0.2, 0) is 10.3 Å². The zero-order chi connectivity index (χ0) is 15.9. The molecule has 6 nitrogen and oxygen atoms in total. The molecule has 0 saturated carbocycles. The topological polar surface area (TPSA) is 75.4 Å². The van der Waals surface area contributed by atoms with Crippen LogP contribution in [0.2, 0.25) is 0 Å². The van der Waals surface area contributed by atoms with Crippen LogP contribution in [0, 0.1) is 6.92 Å². The number of carbonyl (C=O) groups excluding carboxylic acids is 1. The number of hydrogen-bond donors (Lipinski definition) is 1. The predicted octanol–water partition coefficient (Wildman–Crippen LogP) is 1.88. The number of likely N-dealkylation sites (N-methyl/N-ethyl adjacent to an activating group) is 1. The molecule has 1 aromatic rings. The van der Waals surface area contributed by atoms with Crippen LogP contribution in [0.1, 0.15) is 50.7 Å². The summed E-state index contributed by atoms with van der Waals surface area (Å²) >= 11 is 0. The maximum absolute atomic E-state index is 12.5. The van der Waals surface area contributed by atoms with Crippen molar-refractivity contribution < 1.29 is 14.7 Å². The van der Waals surface area contributed by atoms with E-state index in [-0.39, 0.29) is 11.4 Å². The van der Waals surface area contributed by atoms with E-state index in [1.54, 1.807) is 4.68 Å². The third-order valence-electron chi connectivity index (χ3n) is 3.54. The van der Waals surface area contributed by atoms with Gasteiger partial charge in [-0.1, -0.05) is 0 Å². The van der Waals surface area contributed by atoms with Gasteiger partial charge in [0.2, 0.25) is 0 Å². The lowest BCUT2D eigenvalue weighted by atomic mass is 10.0. The number of rotatable bonds is 3. The molecular weight excluding hydrogens is 258 g/mol. The number of aliphatic carboxylic acids is 1. The van der Waals surface area contributed by atoms with E-state index in [0.29, 0.717) is 5.56 Å². The summed E-state index contributed by atoms with van der Waals surface area (Å²) in [6.07, 6.45) is 1.50. The molecule has 0 radical (unpaired) electrons. The molecule has 0 aliphatic heterocycles. The third-order valence-corrected chi connectivity index (χ3v) is 3.54. The van der Waals surface area contributed by atoms with Crippen LogP contribution < -0.4 is 0 Å². The normalized spacial score (nSPS) is 12.3. The van der Waals surface area contributed by atoms with E-state index >= 15 is 0 Å². The van der Waals surface area contributed by atoms with Crippen molar-refractivity contribution in [1.82, 2.24) is 14.7 Å². The van der Waals surface area contributed by atoms with E-state index < -0.39 is 11.5 Å². The summed E-state index contributed by atoms with van der Waals surface area (Å²) in [6.45, 7) is 10.8. The highest BCUT2D eigenvalue weighted by atomic mass is 16.4. The first-order valence-corrected chi connectivity index (χ1v) is 6.47. The van der Waals surface area contributed by atoms with Crippen molar-refractivity contribution in [3.8, 4) is 0 Å². The van der Waals surface area contributed by atoms with Crippen LogP contribution in [0.25, 0.3) is 0 Å². The highest BCUT2D eigenvalue weighted by Gasteiger charge is 2.37. The third kappa shape index (κ3) is 2.69. The van der Waals surface area contributed by atoms with Gasteiger partial charge in [-0.2, -0.15) is 5.10 Å². The zero-order valence-corrected chi connectivity index (χ0v) is 13.2. The van der Waals surface area contributed by atoms with Gasteiger partial charge in [-0.15, -0.1) is 0 Å². The first kappa shape index (κ1) is 16.2. The summed E-state index contributed by atoms with van der Waals surface area (Å²) in [4.78, 5) is 24.9. The monoisotopic (exact) mass is 281 g/mol. The summed E-state index contributed by atoms with van der Waals surface area (Å²) in [6, 6.07) is 0. The maximum atomic E-state index is 12.5. The van der Waals surface area contributed by atoms with Gasteiger partial charge in [0.25, 0.3) is 5.91 Å². The number of carboxylic acid groups (broad SMARTS) is 1. The fourth-order valence-electron chi connectivity index (χ4n) is 1.87. The molecule has 0 aliphatic rings. The summed E-state index contributed by atoms with van der Waals surface area (Å²) in [7, 11) is 1.49. The lowest BCUT2D eigenvalue weighted by Gasteiger charge is -2.31. The van der Waals surface area contributed by atoms with Crippen LogP contribution in [0.4, 0.5) is 0 Å². The molecule has 1 N–H and O–H groups in total. The standard InChI is InChI=1S/C14H23N3O3/c1-9-10(8-15-17(9)13(2,3)4)11(18)16(7)14(5,6)12(19)20/h8H,1-7H3,(H,19,20). The highest BCUT2D eigenvalue weighted by molar-refractivity contribution is 5.98. The fraction of sp³-hybridized carbons (Fsp3) is 0.643. The van der Waals surface area contributed by atoms with Gasteiger partial charge in [0.15, 0.2) is 0 Å². The lowest BCUT2D eigenvalue weighted by Crippen LogP contribution is -2.50. The Hall–Kier alpha value is -1.85. The first-order chi connectivity index (χ1) is 8.90. The SMILES string of the molecule is Cc1c(C(=O)N(C)C(C)(C)C(=O)O)cnn1C(C)(C)C. The van der Waals surface area contributed by atoms with Gasteiger partial charge in [0.05, 0.1) is 17.3 Å². The number of aromatic nitrogens is 2. The first-order valence-electron chi connectivity index (χ1n) is 6.47. The Bertz CT molecular complexity index is 538. The van der Waals surface area contributed by atoms with Crippen LogP contribution in [0.3, 0.4) is 0 Å². The maximum Gasteiger partial charge on any atom is 0.329 e. The Kier molecular flexibility index (Phi) is 3.99. The molecule has 1 rings (SSSR count). The smallest absolute Gasteiger partial charge is 0.329 e. The molecule has 1 aromatic heterocycles. The summed E-state index contributed by atoms with van der Waals surface area (Å²) < 4.78 is 1.77. The minimum atomic E-state index is -1.27. The highest BCUT2D eigenvalue weighted by Crippen LogP contribution is 2.22. The Morgan fingerprint density at radius 1 is 1.25 bits per heavy atom. The Morgan fingerprint density at radius 3 is 2.10 bits per heavy atom. The molecule has 0 saturated heterocycles.